The van der Waals surface area contributed by atoms with Crippen LogP contribution in [0, 0.1) is 0 Å². The number of rotatable bonds is 4. The lowest BCUT2D eigenvalue weighted by Gasteiger charge is -2.31. The Morgan fingerprint density at radius 1 is 1.25 bits per heavy atom. The minimum absolute atomic E-state index is 0.0231. The number of sulfonamides is 1. The zero-order valence-electron chi connectivity index (χ0n) is 13.0. The number of nitrogens with one attached hydrogen (secondary N) is 1. The normalized spacial score (nSPS) is 22.7. The van der Waals surface area contributed by atoms with Crippen LogP contribution in [0.15, 0.2) is 16.3 Å². The van der Waals surface area contributed by atoms with Crippen LogP contribution in [0.3, 0.4) is 0 Å². The van der Waals surface area contributed by atoms with E-state index < -0.39 is 27.9 Å². The number of aliphatic carboxylic acids is 1. The number of hydrogen-bond acceptors (Lipinski definition) is 6. The second kappa shape index (κ2) is 6.79. The van der Waals surface area contributed by atoms with Crippen LogP contribution in [0.2, 0.25) is 0 Å². The molecule has 0 aromatic carbocycles. The minimum atomic E-state index is -3.68. The summed E-state index contributed by atoms with van der Waals surface area (Å²) < 4.78 is 26.9. The molecule has 0 radical (unpaired) electrons. The van der Waals surface area contributed by atoms with E-state index in [1.165, 1.54) is 15.3 Å². The van der Waals surface area contributed by atoms with Crippen molar-refractivity contribution in [1.29, 1.82) is 0 Å². The third kappa shape index (κ3) is 3.18. The molecule has 1 aromatic rings. The molecule has 8 nitrogen and oxygen atoms in total. The van der Waals surface area contributed by atoms with E-state index in [4.69, 9.17) is 5.11 Å². The summed E-state index contributed by atoms with van der Waals surface area (Å²) in [7, 11) is -3.68. The number of carboxylic acids is 1. The third-order valence-electron chi connectivity index (χ3n) is 4.27. The third-order valence-corrected chi connectivity index (χ3v) is 7.24. The average Bonchev–Trinajstić information content (AvgIpc) is 3.26. The van der Waals surface area contributed by atoms with Crippen molar-refractivity contribution in [1.82, 2.24) is 14.5 Å². The Balaban J connectivity index is 1.84. The highest BCUT2D eigenvalue weighted by Gasteiger charge is 2.35. The van der Waals surface area contributed by atoms with E-state index in [2.05, 4.69) is 5.32 Å². The van der Waals surface area contributed by atoms with Crippen LogP contribution in [-0.4, -0.2) is 73.4 Å². The molecule has 0 bridgehead atoms. The quantitative estimate of drug-likeness (QED) is 0.771. The Labute approximate surface area is 144 Å². The van der Waals surface area contributed by atoms with Crippen LogP contribution in [0.5, 0.6) is 0 Å². The van der Waals surface area contributed by atoms with Crippen molar-refractivity contribution in [2.45, 2.75) is 23.8 Å². The lowest BCUT2D eigenvalue weighted by Crippen LogP contribution is -2.55. The lowest BCUT2D eigenvalue weighted by atomic mass is 10.2. The standard InChI is InChI=1S/C14H19N3O5S2/c18-13(16-7-4-15-10(9-16)14(19)20)12-11(3-8-23-12)24(21,22)17-5-1-2-6-17/h3,8,10,15H,1-2,4-7,9H2,(H,19,20)/t10-/m1/s1. The predicted molar refractivity (Wildman–Crippen MR) is 87.6 cm³/mol. The van der Waals surface area contributed by atoms with Gasteiger partial charge in [0, 0.05) is 32.7 Å². The largest absolute Gasteiger partial charge is 0.480 e. The van der Waals surface area contributed by atoms with E-state index in [1.807, 2.05) is 0 Å². The van der Waals surface area contributed by atoms with Crippen molar-refractivity contribution in [3.63, 3.8) is 0 Å². The molecule has 3 heterocycles. The molecule has 0 saturated carbocycles. The van der Waals surface area contributed by atoms with Crippen LogP contribution in [0.4, 0.5) is 0 Å². The number of nitrogens with zero attached hydrogens (tertiary/aromatic N) is 2. The van der Waals surface area contributed by atoms with Gasteiger partial charge in [-0.15, -0.1) is 11.3 Å². The van der Waals surface area contributed by atoms with Crippen LogP contribution in [-0.2, 0) is 14.8 Å². The summed E-state index contributed by atoms with van der Waals surface area (Å²) in [4.78, 5) is 25.5. The second-order valence-electron chi connectivity index (χ2n) is 5.82. The average molecular weight is 373 g/mol. The van der Waals surface area contributed by atoms with Crippen molar-refractivity contribution in [3.05, 3.63) is 16.3 Å². The first-order chi connectivity index (χ1) is 11.4. The summed E-state index contributed by atoms with van der Waals surface area (Å²) in [6.45, 7) is 1.68. The molecule has 0 aliphatic carbocycles. The molecule has 1 aromatic heterocycles. The minimum Gasteiger partial charge on any atom is -0.480 e. The number of amides is 1. The highest BCUT2D eigenvalue weighted by atomic mass is 32.2. The summed E-state index contributed by atoms with van der Waals surface area (Å²) in [5.74, 6) is -1.45. The molecule has 24 heavy (non-hydrogen) atoms. The van der Waals surface area contributed by atoms with Crippen molar-refractivity contribution in [3.8, 4) is 0 Å². The van der Waals surface area contributed by atoms with Gasteiger partial charge in [-0.25, -0.2) is 8.42 Å². The Hall–Kier alpha value is -1.49. The maximum atomic E-state index is 12.7. The fourth-order valence-corrected chi connectivity index (χ4v) is 5.85. The molecule has 0 spiro atoms. The van der Waals surface area contributed by atoms with Crippen molar-refractivity contribution in [2.24, 2.45) is 0 Å². The molecule has 1 amide bonds. The van der Waals surface area contributed by atoms with E-state index >= 15 is 0 Å². The molecule has 1 atom stereocenters. The molecule has 2 aliphatic rings. The van der Waals surface area contributed by atoms with E-state index in [9.17, 15) is 18.0 Å². The maximum absolute atomic E-state index is 12.7. The van der Waals surface area contributed by atoms with Gasteiger partial charge in [0.1, 0.15) is 15.8 Å². The van der Waals surface area contributed by atoms with Crippen molar-refractivity contribution < 1.29 is 23.1 Å². The van der Waals surface area contributed by atoms with Gasteiger partial charge in [-0.05, 0) is 24.3 Å². The molecule has 2 aliphatic heterocycles. The summed E-state index contributed by atoms with van der Waals surface area (Å²) in [5.41, 5.74) is 0. The second-order valence-corrected chi connectivity index (χ2v) is 8.64. The molecular weight excluding hydrogens is 354 g/mol. The Morgan fingerprint density at radius 3 is 2.62 bits per heavy atom. The van der Waals surface area contributed by atoms with E-state index in [0.717, 1.165) is 24.2 Å². The summed E-state index contributed by atoms with van der Waals surface area (Å²) in [6, 6.07) is 0.629. The van der Waals surface area contributed by atoms with Crippen LogP contribution in [0.25, 0.3) is 0 Å². The van der Waals surface area contributed by atoms with Gasteiger partial charge in [0.15, 0.2) is 0 Å². The first-order valence-corrected chi connectivity index (χ1v) is 10.1. The summed E-state index contributed by atoms with van der Waals surface area (Å²) in [6.07, 6.45) is 1.65. The molecule has 132 valence electrons. The first kappa shape index (κ1) is 17.3. The fourth-order valence-electron chi connectivity index (χ4n) is 2.97. The molecule has 3 rings (SSSR count). The fraction of sp³-hybridized carbons (Fsp3) is 0.571. The smallest absolute Gasteiger partial charge is 0.322 e. The monoisotopic (exact) mass is 373 g/mol. The van der Waals surface area contributed by atoms with Gasteiger partial charge in [0.2, 0.25) is 10.0 Å². The molecule has 0 unspecified atom stereocenters. The summed E-state index contributed by atoms with van der Waals surface area (Å²) in [5, 5.41) is 13.5. The number of piperazine rings is 1. The van der Waals surface area contributed by atoms with Crippen molar-refractivity contribution >= 4 is 33.2 Å². The van der Waals surface area contributed by atoms with Gasteiger partial charge < -0.3 is 15.3 Å². The molecule has 2 fully saturated rings. The number of hydrogen-bond donors (Lipinski definition) is 2. The van der Waals surface area contributed by atoms with Gasteiger partial charge in [-0.2, -0.15) is 4.31 Å². The number of carbonyl (C=O) groups excluding carboxylic acids is 1. The van der Waals surface area contributed by atoms with E-state index in [0.29, 0.717) is 26.2 Å². The zero-order valence-corrected chi connectivity index (χ0v) is 14.6. The predicted octanol–water partition coefficient (Wildman–Crippen LogP) is 0.0312. The van der Waals surface area contributed by atoms with Gasteiger partial charge in [-0.1, -0.05) is 0 Å². The first-order valence-electron chi connectivity index (χ1n) is 7.74. The Morgan fingerprint density at radius 2 is 1.96 bits per heavy atom. The molecular formula is C14H19N3O5S2. The van der Waals surface area contributed by atoms with Crippen LogP contribution >= 0.6 is 11.3 Å². The van der Waals surface area contributed by atoms with Crippen molar-refractivity contribution in [2.75, 3.05) is 32.7 Å². The van der Waals surface area contributed by atoms with E-state index in [-0.39, 0.29) is 16.3 Å². The highest BCUT2D eigenvalue weighted by Crippen LogP contribution is 2.28. The molecule has 10 heteroatoms. The van der Waals surface area contributed by atoms with Crippen LogP contribution < -0.4 is 5.32 Å². The van der Waals surface area contributed by atoms with Gasteiger partial charge in [0.25, 0.3) is 5.91 Å². The highest BCUT2D eigenvalue weighted by molar-refractivity contribution is 7.89. The summed E-state index contributed by atoms with van der Waals surface area (Å²) >= 11 is 1.08. The number of carbonyl (C=O) groups is 2. The molecule has 2 saturated heterocycles. The number of thiophene rings is 1. The van der Waals surface area contributed by atoms with Crippen LogP contribution in [0.1, 0.15) is 22.5 Å². The Bertz CT molecular complexity index is 739. The molecule has 2 N–H and O–H groups in total. The van der Waals surface area contributed by atoms with E-state index in [1.54, 1.807) is 5.38 Å². The van der Waals surface area contributed by atoms with Gasteiger partial charge in [0.05, 0.1) is 0 Å². The van der Waals surface area contributed by atoms with Gasteiger partial charge in [-0.3, -0.25) is 9.59 Å². The SMILES string of the molecule is O=C(O)[C@H]1CN(C(=O)c2sccc2S(=O)(=O)N2CCCC2)CCN1. The van der Waals surface area contributed by atoms with Gasteiger partial charge >= 0.3 is 5.97 Å². The Kier molecular flexibility index (Phi) is 4.90. The maximum Gasteiger partial charge on any atom is 0.322 e. The topological polar surface area (TPSA) is 107 Å². The number of carboxylic acid groups (broad SMARTS) is 1. The zero-order chi connectivity index (χ0) is 17.3. The lowest BCUT2D eigenvalue weighted by molar-refractivity contribution is -0.140.